The van der Waals surface area contributed by atoms with Crippen LogP contribution in [0.3, 0.4) is 0 Å². The molecule has 1 aromatic heterocycles. The predicted octanol–water partition coefficient (Wildman–Crippen LogP) is 0.559. The SMILES string of the molecule is CCNC(C)c1nnc(N(CC)CCO)o1. The predicted molar refractivity (Wildman–Crippen MR) is 61.4 cm³/mol. The second-order valence-corrected chi connectivity index (χ2v) is 3.51. The molecular formula is C10H20N4O2. The van der Waals surface area contributed by atoms with Crippen LogP contribution >= 0.6 is 0 Å². The second kappa shape index (κ2) is 6.44. The largest absolute Gasteiger partial charge is 0.406 e. The third-order valence-electron chi connectivity index (χ3n) is 2.33. The highest BCUT2D eigenvalue weighted by Gasteiger charge is 2.16. The quantitative estimate of drug-likeness (QED) is 0.710. The molecule has 0 saturated carbocycles. The van der Waals surface area contributed by atoms with Gasteiger partial charge in [-0.15, -0.1) is 5.10 Å². The van der Waals surface area contributed by atoms with Crippen LogP contribution < -0.4 is 10.2 Å². The summed E-state index contributed by atoms with van der Waals surface area (Å²) < 4.78 is 5.53. The molecule has 1 atom stereocenters. The highest BCUT2D eigenvalue weighted by molar-refractivity contribution is 5.23. The van der Waals surface area contributed by atoms with Crippen LogP contribution in [-0.2, 0) is 0 Å². The van der Waals surface area contributed by atoms with Gasteiger partial charge in [0.25, 0.3) is 0 Å². The highest BCUT2D eigenvalue weighted by Crippen LogP contribution is 2.16. The maximum Gasteiger partial charge on any atom is 0.318 e. The number of anilines is 1. The average molecular weight is 228 g/mol. The number of nitrogens with zero attached hydrogens (tertiary/aromatic N) is 3. The molecule has 0 saturated heterocycles. The van der Waals surface area contributed by atoms with Crippen molar-refractivity contribution in [2.75, 3.05) is 31.1 Å². The Balaban J connectivity index is 2.68. The van der Waals surface area contributed by atoms with Gasteiger partial charge in [0.2, 0.25) is 5.89 Å². The molecule has 1 unspecified atom stereocenters. The highest BCUT2D eigenvalue weighted by atomic mass is 16.4. The van der Waals surface area contributed by atoms with Crippen molar-refractivity contribution in [1.82, 2.24) is 15.5 Å². The minimum Gasteiger partial charge on any atom is -0.406 e. The zero-order valence-electron chi connectivity index (χ0n) is 10.1. The molecule has 92 valence electrons. The number of aliphatic hydroxyl groups is 1. The van der Waals surface area contributed by atoms with Crippen molar-refractivity contribution in [3.8, 4) is 0 Å². The standard InChI is InChI=1S/C10H20N4O2/c1-4-11-8(3)9-12-13-10(16-9)14(5-2)6-7-15/h8,11,15H,4-7H2,1-3H3. The summed E-state index contributed by atoms with van der Waals surface area (Å²) in [7, 11) is 0. The number of rotatable bonds is 7. The van der Waals surface area contributed by atoms with Gasteiger partial charge in [0.15, 0.2) is 0 Å². The van der Waals surface area contributed by atoms with Gasteiger partial charge in [-0.3, -0.25) is 0 Å². The topological polar surface area (TPSA) is 74.4 Å². The molecule has 1 rings (SSSR count). The molecule has 0 amide bonds. The van der Waals surface area contributed by atoms with Crippen molar-refractivity contribution in [3.05, 3.63) is 5.89 Å². The first kappa shape index (κ1) is 12.9. The molecule has 1 heterocycles. The first-order chi connectivity index (χ1) is 7.72. The summed E-state index contributed by atoms with van der Waals surface area (Å²) in [6, 6.07) is 0.524. The number of likely N-dealkylation sites (N-methyl/N-ethyl adjacent to an activating group) is 1. The van der Waals surface area contributed by atoms with Crippen molar-refractivity contribution in [2.45, 2.75) is 26.8 Å². The summed E-state index contributed by atoms with van der Waals surface area (Å²) in [4.78, 5) is 1.84. The molecule has 6 heteroatoms. The molecule has 0 aliphatic rings. The summed E-state index contributed by atoms with van der Waals surface area (Å²) in [5, 5.41) is 20.0. The van der Waals surface area contributed by atoms with Crippen LogP contribution in [-0.4, -0.2) is 41.5 Å². The van der Waals surface area contributed by atoms with Gasteiger partial charge in [0, 0.05) is 13.1 Å². The second-order valence-electron chi connectivity index (χ2n) is 3.51. The van der Waals surface area contributed by atoms with Crippen LogP contribution in [0.2, 0.25) is 0 Å². The molecule has 0 fully saturated rings. The van der Waals surface area contributed by atoms with Gasteiger partial charge >= 0.3 is 6.01 Å². The normalized spacial score (nSPS) is 12.8. The number of aliphatic hydroxyl groups excluding tert-OH is 1. The Morgan fingerprint density at radius 1 is 1.44 bits per heavy atom. The third-order valence-corrected chi connectivity index (χ3v) is 2.33. The van der Waals surface area contributed by atoms with Crippen LogP contribution in [0.25, 0.3) is 0 Å². The minimum absolute atomic E-state index is 0.0547. The Morgan fingerprint density at radius 2 is 2.19 bits per heavy atom. The first-order valence-corrected chi connectivity index (χ1v) is 5.65. The number of aromatic nitrogens is 2. The van der Waals surface area contributed by atoms with Gasteiger partial charge in [-0.25, -0.2) is 0 Å². The van der Waals surface area contributed by atoms with E-state index in [9.17, 15) is 0 Å². The molecule has 1 aromatic rings. The summed E-state index contributed by atoms with van der Waals surface area (Å²) >= 11 is 0. The first-order valence-electron chi connectivity index (χ1n) is 5.65. The van der Waals surface area contributed by atoms with Gasteiger partial charge in [-0.1, -0.05) is 12.0 Å². The van der Waals surface area contributed by atoms with Crippen molar-refractivity contribution >= 4 is 6.01 Å². The Hall–Kier alpha value is -1.14. The van der Waals surface area contributed by atoms with Crippen LogP contribution in [0.1, 0.15) is 32.7 Å². The van der Waals surface area contributed by atoms with E-state index in [1.165, 1.54) is 0 Å². The molecular weight excluding hydrogens is 208 g/mol. The zero-order chi connectivity index (χ0) is 12.0. The van der Waals surface area contributed by atoms with E-state index < -0.39 is 0 Å². The Morgan fingerprint density at radius 3 is 2.75 bits per heavy atom. The lowest BCUT2D eigenvalue weighted by Gasteiger charge is -2.15. The zero-order valence-corrected chi connectivity index (χ0v) is 10.1. The fourth-order valence-corrected chi connectivity index (χ4v) is 1.43. The summed E-state index contributed by atoms with van der Waals surface area (Å²) in [5.41, 5.74) is 0. The molecule has 0 aliphatic carbocycles. The molecule has 0 bridgehead atoms. The van der Waals surface area contributed by atoms with E-state index in [0.29, 0.717) is 18.5 Å². The maximum atomic E-state index is 8.89. The maximum absolute atomic E-state index is 8.89. The monoisotopic (exact) mass is 228 g/mol. The van der Waals surface area contributed by atoms with Crippen molar-refractivity contribution in [3.63, 3.8) is 0 Å². The fourth-order valence-electron chi connectivity index (χ4n) is 1.43. The van der Waals surface area contributed by atoms with Crippen molar-refractivity contribution < 1.29 is 9.52 Å². The molecule has 0 radical (unpaired) electrons. The number of hydrogen-bond donors (Lipinski definition) is 2. The van der Waals surface area contributed by atoms with Gasteiger partial charge in [-0.05, 0) is 20.4 Å². The minimum atomic E-state index is 0.0547. The lowest BCUT2D eigenvalue weighted by Crippen LogP contribution is -2.26. The molecule has 2 N–H and O–H groups in total. The van der Waals surface area contributed by atoms with Gasteiger partial charge in [-0.2, -0.15) is 0 Å². The summed E-state index contributed by atoms with van der Waals surface area (Å²) in [5.74, 6) is 0.577. The van der Waals surface area contributed by atoms with E-state index in [2.05, 4.69) is 15.5 Å². The molecule has 0 aromatic carbocycles. The Labute approximate surface area is 95.7 Å². The lowest BCUT2D eigenvalue weighted by molar-refractivity contribution is 0.298. The number of nitrogens with one attached hydrogen (secondary N) is 1. The van der Waals surface area contributed by atoms with Crippen LogP contribution in [0.4, 0.5) is 6.01 Å². The van der Waals surface area contributed by atoms with E-state index in [0.717, 1.165) is 13.1 Å². The smallest absolute Gasteiger partial charge is 0.318 e. The summed E-state index contributed by atoms with van der Waals surface area (Å²) in [6.07, 6.45) is 0. The van der Waals surface area contributed by atoms with Crippen molar-refractivity contribution in [2.24, 2.45) is 0 Å². The van der Waals surface area contributed by atoms with Crippen molar-refractivity contribution in [1.29, 1.82) is 0 Å². The molecule has 16 heavy (non-hydrogen) atoms. The molecule has 0 aliphatic heterocycles. The molecule has 0 spiro atoms. The van der Waals surface area contributed by atoms with E-state index >= 15 is 0 Å². The van der Waals surface area contributed by atoms with E-state index in [1.54, 1.807) is 0 Å². The van der Waals surface area contributed by atoms with Crippen LogP contribution in [0.15, 0.2) is 4.42 Å². The van der Waals surface area contributed by atoms with Crippen LogP contribution in [0, 0.1) is 0 Å². The molecule has 6 nitrogen and oxygen atoms in total. The fraction of sp³-hybridized carbons (Fsp3) is 0.800. The van der Waals surface area contributed by atoms with E-state index in [-0.39, 0.29) is 12.6 Å². The lowest BCUT2D eigenvalue weighted by atomic mass is 10.3. The van der Waals surface area contributed by atoms with Gasteiger partial charge < -0.3 is 19.7 Å². The Bertz CT molecular complexity index is 303. The summed E-state index contributed by atoms with van der Waals surface area (Å²) in [6.45, 7) is 8.15. The van der Waals surface area contributed by atoms with Crippen LogP contribution in [0.5, 0.6) is 0 Å². The van der Waals surface area contributed by atoms with Gasteiger partial charge in [0.1, 0.15) is 0 Å². The van der Waals surface area contributed by atoms with Gasteiger partial charge in [0.05, 0.1) is 12.6 Å². The third kappa shape index (κ3) is 3.18. The van der Waals surface area contributed by atoms with E-state index in [1.807, 2.05) is 25.7 Å². The van der Waals surface area contributed by atoms with E-state index in [4.69, 9.17) is 9.52 Å². The Kier molecular flexibility index (Phi) is 5.21. The average Bonchev–Trinajstić information content (AvgIpc) is 2.75. The number of hydrogen-bond acceptors (Lipinski definition) is 6.